The van der Waals surface area contributed by atoms with E-state index in [-0.39, 0.29) is 11.9 Å². The summed E-state index contributed by atoms with van der Waals surface area (Å²) in [4.78, 5) is 20.3. The van der Waals surface area contributed by atoms with Crippen LogP contribution < -0.4 is 5.32 Å². The summed E-state index contributed by atoms with van der Waals surface area (Å²) in [5.74, 6) is -0.0781. The average Bonchev–Trinajstić information content (AvgIpc) is 2.49. The average molecular weight is 271 g/mol. The van der Waals surface area contributed by atoms with Crippen molar-refractivity contribution in [3.63, 3.8) is 0 Å². The molecule has 0 aliphatic heterocycles. The van der Waals surface area contributed by atoms with Crippen molar-refractivity contribution >= 4 is 5.91 Å². The molecule has 0 spiro atoms. The third-order valence-corrected chi connectivity index (χ3v) is 2.80. The summed E-state index contributed by atoms with van der Waals surface area (Å²) in [7, 11) is 1.60. The molecule has 0 saturated carbocycles. The van der Waals surface area contributed by atoms with Crippen LogP contribution in [0.2, 0.25) is 0 Å². The van der Waals surface area contributed by atoms with Crippen LogP contribution in [0.25, 0.3) is 0 Å². The maximum Gasteiger partial charge on any atom is 0.225 e. The molecule has 0 saturated heterocycles. The zero-order valence-corrected chi connectivity index (χ0v) is 11.3. The molecule has 0 bridgehead atoms. The van der Waals surface area contributed by atoms with E-state index in [1.54, 1.807) is 25.7 Å². The van der Waals surface area contributed by atoms with Crippen molar-refractivity contribution < 1.29 is 9.53 Å². The van der Waals surface area contributed by atoms with Crippen molar-refractivity contribution in [3.05, 3.63) is 60.2 Å². The predicted octanol–water partition coefficient (Wildman–Crippen LogP) is 1.52. The van der Waals surface area contributed by atoms with Gasteiger partial charge in [0.15, 0.2) is 0 Å². The molecule has 2 aromatic heterocycles. The minimum atomic E-state index is -0.245. The van der Waals surface area contributed by atoms with Crippen LogP contribution in [0.15, 0.2) is 48.9 Å². The summed E-state index contributed by atoms with van der Waals surface area (Å²) >= 11 is 0. The Morgan fingerprint density at radius 2 is 2.20 bits per heavy atom. The highest BCUT2D eigenvalue weighted by atomic mass is 16.5. The lowest BCUT2D eigenvalue weighted by molar-refractivity contribution is -0.121. The molecule has 20 heavy (non-hydrogen) atoms. The molecule has 1 N–H and O–H groups in total. The Labute approximate surface area is 118 Å². The summed E-state index contributed by atoms with van der Waals surface area (Å²) in [6.45, 7) is 0.385. The van der Waals surface area contributed by atoms with Crippen molar-refractivity contribution in [1.29, 1.82) is 0 Å². The van der Waals surface area contributed by atoms with E-state index >= 15 is 0 Å². The first-order chi connectivity index (χ1) is 9.79. The number of nitrogens with one attached hydrogen (secondary N) is 1. The first kappa shape index (κ1) is 14.1. The molecule has 0 aliphatic carbocycles. The lowest BCUT2D eigenvalue weighted by atomic mass is 10.1. The maximum atomic E-state index is 12.0. The molecule has 5 nitrogen and oxygen atoms in total. The van der Waals surface area contributed by atoms with Gasteiger partial charge in [0, 0.05) is 25.7 Å². The molecule has 2 aromatic rings. The van der Waals surface area contributed by atoms with E-state index < -0.39 is 0 Å². The van der Waals surface area contributed by atoms with Crippen molar-refractivity contribution in [3.8, 4) is 0 Å². The second-order valence-corrected chi connectivity index (χ2v) is 4.37. The highest BCUT2D eigenvalue weighted by Gasteiger charge is 2.15. The molecule has 2 heterocycles. The standard InChI is InChI=1S/C15H17N3O2/c1-20-11-14(13-6-2-3-8-17-13)18-15(19)9-12-5-4-7-16-10-12/h2-8,10,14H,9,11H2,1H3,(H,18,19). The van der Waals surface area contributed by atoms with E-state index in [0.717, 1.165) is 11.3 Å². The molecule has 0 aliphatic rings. The van der Waals surface area contributed by atoms with Gasteiger partial charge in [0.25, 0.3) is 0 Å². The zero-order chi connectivity index (χ0) is 14.2. The lowest BCUT2D eigenvalue weighted by Gasteiger charge is -2.17. The Hall–Kier alpha value is -2.27. The van der Waals surface area contributed by atoms with Crippen molar-refractivity contribution in [1.82, 2.24) is 15.3 Å². The highest BCUT2D eigenvalue weighted by Crippen LogP contribution is 2.10. The number of hydrogen-bond donors (Lipinski definition) is 1. The van der Waals surface area contributed by atoms with Crippen LogP contribution >= 0.6 is 0 Å². The fourth-order valence-electron chi connectivity index (χ4n) is 1.88. The third kappa shape index (κ3) is 4.13. The second kappa shape index (κ2) is 7.35. The quantitative estimate of drug-likeness (QED) is 0.865. The number of methoxy groups -OCH3 is 1. The van der Waals surface area contributed by atoms with Gasteiger partial charge in [-0.2, -0.15) is 0 Å². The molecule has 0 aromatic carbocycles. The Morgan fingerprint density at radius 3 is 2.85 bits per heavy atom. The van der Waals surface area contributed by atoms with Gasteiger partial charge in [-0.05, 0) is 23.8 Å². The SMILES string of the molecule is COCC(NC(=O)Cc1cccnc1)c1ccccn1. The number of amides is 1. The number of nitrogens with zero attached hydrogens (tertiary/aromatic N) is 2. The molecule has 104 valence electrons. The third-order valence-electron chi connectivity index (χ3n) is 2.80. The van der Waals surface area contributed by atoms with Crippen molar-refractivity contribution in [2.45, 2.75) is 12.5 Å². The van der Waals surface area contributed by atoms with Crippen LogP contribution in [0.1, 0.15) is 17.3 Å². The smallest absolute Gasteiger partial charge is 0.225 e. The van der Waals surface area contributed by atoms with Crippen LogP contribution in [0.3, 0.4) is 0 Å². The fraction of sp³-hybridized carbons (Fsp3) is 0.267. The first-order valence-corrected chi connectivity index (χ1v) is 6.37. The maximum absolute atomic E-state index is 12.0. The van der Waals surface area contributed by atoms with Gasteiger partial charge in [0.1, 0.15) is 0 Å². The van der Waals surface area contributed by atoms with Gasteiger partial charge in [0.05, 0.1) is 24.8 Å². The van der Waals surface area contributed by atoms with E-state index in [0.29, 0.717) is 13.0 Å². The lowest BCUT2D eigenvalue weighted by Crippen LogP contribution is -2.33. The van der Waals surface area contributed by atoms with Crippen LogP contribution in [0, 0.1) is 0 Å². The number of hydrogen-bond acceptors (Lipinski definition) is 4. The molecule has 1 unspecified atom stereocenters. The van der Waals surface area contributed by atoms with Gasteiger partial charge in [-0.25, -0.2) is 0 Å². The summed E-state index contributed by atoms with van der Waals surface area (Å²) in [5, 5.41) is 2.93. The first-order valence-electron chi connectivity index (χ1n) is 6.37. The molecular weight excluding hydrogens is 254 g/mol. The van der Waals surface area contributed by atoms with Gasteiger partial charge >= 0.3 is 0 Å². The largest absolute Gasteiger partial charge is 0.382 e. The molecule has 0 fully saturated rings. The van der Waals surface area contributed by atoms with Gasteiger partial charge < -0.3 is 10.1 Å². The van der Waals surface area contributed by atoms with Crippen LogP contribution in [-0.4, -0.2) is 29.6 Å². The highest BCUT2D eigenvalue weighted by molar-refractivity contribution is 5.78. The van der Waals surface area contributed by atoms with Gasteiger partial charge in [-0.1, -0.05) is 12.1 Å². The van der Waals surface area contributed by atoms with E-state index in [1.807, 2.05) is 30.3 Å². The molecule has 0 radical (unpaired) electrons. The topological polar surface area (TPSA) is 64.1 Å². The number of carbonyl (C=O) groups is 1. The summed E-state index contributed by atoms with van der Waals surface area (Å²) in [5.41, 5.74) is 1.66. The predicted molar refractivity (Wildman–Crippen MR) is 74.9 cm³/mol. The fourth-order valence-corrected chi connectivity index (χ4v) is 1.88. The summed E-state index contributed by atoms with van der Waals surface area (Å²) < 4.78 is 5.14. The molecule has 1 atom stereocenters. The Bertz CT molecular complexity index is 531. The van der Waals surface area contributed by atoms with Crippen molar-refractivity contribution in [2.75, 3.05) is 13.7 Å². The van der Waals surface area contributed by atoms with Gasteiger partial charge in [-0.15, -0.1) is 0 Å². The normalized spacial score (nSPS) is 11.8. The molecule has 1 amide bonds. The number of rotatable bonds is 6. The van der Waals surface area contributed by atoms with E-state index in [2.05, 4.69) is 15.3 Å². The number of aromatic nitrogens is 2. The molecule has 2 rings (SSSR count). The zero-order valence-electron chi connectivity index (χ0n) is 11.3. The minimum Gasteiger partial charge on any atom is -0.382 e. The Balaban J connectivity index is 1.99. The van der Waals surface area contributed by atoms with Crippen LogP contribution in [0.4, 0.5) is 0 Å². The number of ether oxygens (including phenoxy) is 1. The molecular formula is C15H17N3O2. The summed E-state index contributed by atoms with van der Waals surface area (Å²) in [6.07, 6.45) is 5.36. The summed E-state index contributed by atoms with van der Waals surface area (Å²) in [6, 6.07) is 9.04. The van der Waals surface area contributed by atoms with E-state index in [4.69, 9.17) is 4.74 Å². The Kier molecular flexibility index (Phi) is 5.20. The van der Waals surface area contributed by atoms with Crippen molar-refractivity contribution in [2.24, 2.45) is 0 Å². The minimum absolute atomic E-state index is 0.0781. The second-order valence-electron chi connectivity index (χ2n) is 4.37. The van der Waals surface area contributed by atoms with E-state index in [9.17, 15) is 4.79 Å². The van der Waals surface area contributed by atoms with Crippen LogP contribution in [-0.2, 0) is 16.0 Å². The Morgan fingerprint density at radius 1 is 1.30 bits per heavy atom. The monoisotopic (exact) mass is 271 g/mol. The van der Waals surface area contributed by atoms with Gasteiger partial charge in [0.2, 0.25) is 5.91 Å². The number of pyridine rings is 2. The van der Waals surface area contributed by atoms with Crippen LogP contribution in [0.5, 0.6) is 0 Å². The van der Waals surface area contributed by atoms with Gasteiger partial charge in [-0.3, -0.25) is 14.8 Å². The van der Waals surface area contributed by atoms with E-state index in [1.165, 1.54) is 0 Å². The molecule has 5 heteroatoms. The number of carbonyl (C=O) groups excluding carboxylic acids is 1.